The number of aliphatic imine (C=N–C) groups is 2. The van der Waals surface area contributed by atoms with Crippen LogP contribution >= 0.6 is 0 Å². The van der Waals surface area contributed by atoms with Gasteiger partial charge in [-0.3, -0.25) is 0 Å². The summed E-state index contributed by atoms with van der Waals surface area (Å²) in [5, 5.41) is 4.99. The number of nitrogens with zero attached hydrogens (tertiary/aromatic N) is 4. The van der Waals surface area contributed by atoms with E-state index in [0.717, 1.165) is 52.9 Å². The maximum atomic E-state index is 5.29. The molecule has 0 bridgehead atoms. The number of aromatic nitrogens is 2. The van der Waals surface area contributed by atoms with Gasteiger partial charge in [-0.05, 0) is 149 Å². The Morgan fingerprint density at radius 1 is 0.581 bits per heavy atom. The quantitative estimate of drug-likeness (QED) is 0.0967. The molecule has 8 aromatic carbocycles. The zero-order valence-electron chi connectivity index (χ0n) is 42.6. The van der Waals surface area contributed by atoms with Crippen LogP contribution in [0.15, 0.2) is 258 Å². The van der Waals surface area contributed by atoms with E-state index in [4.69, 9.17) is 9.98 Å². The van der Waals surface area contributed by atoms with Gasteiger partial charge in [0.25, 0.3) is 0 Å². The summed E-state index contributed by atoms with van der Waals surface area (Å²) in [6, 6.07) is 69.9. The molecule has 0 saturated heterocycles. The van der Waals surface area contributed by atoms with Crippen LogP contribution in [-0.2, 0) is 5.41 Å². The highest BCUT2D eigenvalue weighted by Gasteiger charge is 2.39. The van der Waals surface area contributed by atoms with Crippen molar-refractivity contribution in [2.45, 2.75) is 52.4 Å². The first kappa shape index (κ1) is 46.2. The first-order valence-electron chi connectivity index (χ1n) is 26.0. The smallest absolute Gasteiger partial charge is 0.159 e. The normalized spacial score (nSPS) is 16.0. The first-order valence-corrected chi connectivity index (χ1v) is 26.0. The van der Waals surface area contributed by atoms with Crippen LogP contribution in [-0.4, -0.2) is 20.7 Å². The second kappa shape index (κ2) is 19.3. The van der Waals surface area contributed by atoms with Crippen molar-refractivity contribution >= 4 is 72.0 Å². The maximum absolute atomic E-state index is 5.29. The third kappa shape index (κ3) is 8.23. The van der Waals surface area contributed by atoms with Crippen LogP contribution in [0.5, 0.6) is 0 Å². The van der Waals surface area contributed by atoms with Crippen LogP contribution in [0.25, 0.3) is 77.3 Å². The van der Waals surface area contributed by atoms with E-state index in [0.29, 0.717) is 11.5 Å². The summed E-state index contributed by atoms with van der Waals surface area (Å²) in [7, 11) is 0. The zero-order chi connectivity index (χ0) is 50.3. The largest absolute Gasteiger partial charge is 0.313 e. The van der Waals surface area contributed by atoms with Gasteiger partial charge in [0.05, 0.1) is 27.8 Å². The van der Waals surface area contributed by atoms with Crippen LogP contribution in [0.3, 0.4) is 0 Å². The lowest BCUT2D eigenvalue weighted by Gasteiger charge is -2.23. The van der Waals surface area contributed by atoms with Crippen molar-refractivity contribution < 1.29 is 0 Å². The Bertz CT molecular complexity index is 4070. The number of hydrogen-bond donors (Lipinski definition) is 0. The molecule has 2 aromatic heterocycles. The molecule has 12 rings (SSSR count). The van der Waals surface area contributed by atoms with Crippen LogP contribution in [0.2, 0.25) is 0 Å². The van der Waals surface area contributed by atoms with Gasteiger partial charge in [-0.1, -0.05) is 185 Å². The van der Waals surface area contributed by atoms with E-state index in [9.17, 15) is 0 Å². The second-order valence-electron chi connectivity index (χ2n) is 19.9. The minimum Gasteiger partial charge on any atom is -0.313 e. The Morgan fingerprint density at radius 3 is 1.86 bits per heavy atom. The molecule has 74 heavy (non-hydrogen) atoms. The fraction of sp³-hybridized carbons (Fsp3) is 0.114. The fourth-order valence-electron chi connectivity index (χ4n) is 11.4. The summed E-state index contributed by atoms with van der Waals surface area (Å²) in [4.78, 5) is 10.6. The van der Waals surface area contributed by atoms with Crippen LogP contribution in [0.1, 0.15) is 74.8 Å². The number of amidine groups is 1. The third-order valence-electron chi connectivity index (χ3n) is 15.1. The Balaban J connectivity index is 1.01. The standard InChI is InChI=1S/C70H58N4/c1-6-48(51-37-40-67-60(43-51)57-32-20-22-34-65(57)73(67)54-28-16-10-17-29-54)45-63-59(42-47(3)71-69(50-26-14-9-15-27-50)72-64(7-2)49-24-12-8-13-25-49)56-39-36-53(46-62(56)70(63,4)5)52-38-41-68-61(44-52)58-33-21-23-35-66(58)74(68)55-30-18-11-19-31-55/h6,8-16,18-28,30-46H,3,7,17,29H2,1-2,4-5H3/b48-6+,59-42?,63-45+,71-69?,72-64?. The van der Waals surface area contributed by atoms with Gasteiger partial charge in [0.2, 0.25) is 0 Å². The Labute approximate surface area is 434 Å². The molecule has 0 aliphatic heterocycles. The lowest BCUT2D eigenvalue weighted by atomic mass is 9.80. The van der Waals surface area contributed by atoms with Gasteiger partial charge in [-0.25, -0.2) is 9.98 Å². The number of benzene rings is 8. The van der Waals surface area contributed by atoms with E-state index in [-0.39, 0.29) is 0 Å². The first-order chi connectivity index (χ1) is 36.3. The third-order valence-corrected chi connectivity index (χ3v) is 15.1. The van der Waals surface area contributed by atoms with Crippen molar-refractivity contribution in [3.05, 3.63) is 276 Å². The monoisotopic (exact) mass is 954 g/mol. The van der Waals surface area contributed by atoms with E-state index in [2.05, 4.69) is 250 Å². The summed E-state index contributed by atoms with van der Waals surface area (Å²) in [6.07, 6.45) is 16.4. The Morgan fingerprint density at radius 2 is 1.18 bits per heavy atom. The topological polar surface area (TPSA) is 34.6 Å². The predicted octanol–water partition coefficient (Wildman–Crippen LogP) is 18.3. The molecular formula is C70H58N4. The maximum Gasteiger partial charge on any atom is 0.159 e. The highest BCUT2D eigenvalue weighted by molar-refractivity contribution is 6.14. The van der Waals surface area contributed by atoms with E-state index < -0.39 is 5.41 Å². The van der Waals surface area contributed by atoms with E-state index in [1.54, 1.807) is 0 Å². The molecule has 2 aliphatic carbocycles. The number of allylic oxidation sites excluding steroid dienone is 10. The van der Waals surface area contributed by atoms with Crippen molar-refractivity contribution in [1.29, 1.82) is 0 Å². The average Bonchev–Trinajstić information content (AvgIpc) is 4.03. The van der Waals surface area contributed by atoms with Crippen molar-refractivity contribution in [2.24, 2.45) is 9.98 Å². The molecule has 0 fully saturated rings. The molecule has 4 heteroatoms. The van der Waals surface area contributed by atoms with Crippen molar-refractivity contribution in [3.8, 4) is 16.8 Å². The van der Waals surface area contributed by atoms with Crippen LogP contribution in [0.4, 0.5) is 0 Å². The molecule has 358 valence electrons. The molecule has 0 radical (unpaired) electrons. The van der Waals surface area contributed by atoms with Crippen molar-refractivity contribution in [2.75, 3.05) is 0 Å². The molecule has 10 aromatic rings. The average molecular weight is 955 g/mol. The zero-order valence-corrected chi connectivity index (χ0v) is 42.6. The summed E-state index contributed by atoms with van der Waals surface area (Å²) in [5.41, 5.74) is 20.0. The van der Waals surface area contributed by atoms with Gasteiger partial charge < -0.3 is 9.13 Å². The molecule has 2 aliphatic rings. The van der Waals surface area contributed by atoms with Crippen LogP contribution in [0, 0.1) is 0 Å². The lowest BCUT2D eigenvalue weighted by Crippen LogP contribution is -2.15. The minimum atomic E-state index is -0.396. The molecule has 0 saturated carbocycles. The molecule has 2 heterocycles. The van der Waals surface area contributed by atoms with Crippen molar-refractivity contribution in [1.82, 2.24) is 9.13 Å². The Hall–Kier alpha value is -8.86. The van der Waals surface area contributed by atoms with Gasteiger partial charge in [0.1, 0.15) is 0 Å². The molecule has 0 amide bonds. The molecule has 0 atom stereocenters. The van der Waals surface area contributed by atoms with Gasteiger partial charge in [-0.2, -0.15) is 0 Å². The predicted molar refractivity (Wildman–Crippen MR) is 316 cm³/mol. The van der Waals surface area contributed by atoms with Gasteiger partial charge >= 0.3 is 0 Å². The summed E-state index contributed by atoms with van der Waals surface area (Å²) in [6.45, 7) is 13.7. The van der Waals surface area contributed by atoms with Gasteiger partial charge in [0, 0.05) is 49.6 Å². The SMILES string of the molecule is C=C(C=C1/C(=C\C(=C/C)c2ccc3c(c2)c2ccccc2n3C2=CC=CCC2)C(C)(C)c2cc(-c3ccc4c(c3)c3ccccc3n4-c3ccccc3)ccc21)N=C(N=C(CC)c1ccccc1)c1ccccc1. The number of rotatable bonds is 10. The minimum absolute atomic E-state index is 0.396. The highest BCUT2D eigenvalue weighted by atomic mass is 15.0. The number of hydrogen-bond acceptors (Lipinski definition) is 1. The fourth-order valence-corrected chi connectivity index (χ4v) is 11.4. The van der Waals surface area contributed by atoms with Crippen LogP contribution < -0.4 is 0 Å². The van der Waals surface area contributed by atoms with E-state index in [1.165, 1.54) is 82.7 Å². The van der Waals surface area contributed by atoms with E-state index >= 15 is 0 Å². The van der Waals surface area contributed by atoms with Gasteiger partial charge in [0.15, 0.2) is 5.84 Å². The van der Waals surface area contributed by atoms with E-state index in [1.807, 2.05) is 24.3 Å². The lowest BCUT2D eigenvalue weighted by molar-refractivity contribution is 0.661. The van der Waals surface area contributed by atoms with Gasteiger partial charge in [-0.15, -0.1) is 0 Å². The molecule has 0 N–H and O–H groups in total. The summed E-state index contributed by atoms with van der Waals surface area (Å²) < 4.78 is 4.84. The summed E-state index contributed by atoms with van der Waals surface area (Å²) >= 11 is 0. The summed E-state index contributed by atoms with van der Waals surface area (Å²) in [5.74, 6) is 0.636. The molecule has 0 unspecified atom stereocenters. The van der Waals surface area contributed by atoms with Crippen molar-refractivity contribution in [3.63, 3.8) is 0 Å². The molecular weight excluding hydrogens is 897 g/mol. The highest BCUT2D eigenvalue weighted by Crippen LogP contribution is 2.52. The Kier molecular flexibility index (Phi) is 12.0. The number of fused-ring (bicyclic) bond motifs is 7. The second-order valence-corrected chi connectivity index (χ2v) is 19.9. The molecule has 4 nitrogen and oxygen atoms in total. The molecule has 0 spiro atoms. The number of para-hydroxylation sites is 3.